The number of amides is 6. The lowest BCUT2D eigenvalue weighted by molar-refractivity contribution is -0.145. The van der Waals surface area contributed by atoms with Crippen LogP contribution < -0.4 is 21.3 Å². The molecule has 1 saturated heterocycles. The largest absolute Gasteiger partial charge is 0.444 e. The molecule has 14 nitrogen and oxygen atoms in total. The van der Waals surface area contributed by atoms with E-state index in [9.17, 15) is 33.6 Å². The minimum absolute atomic E-state index is 0.0332. The highest BCUT2D eigenvalue weighted by atomic mass is 16.6. The molecule has 1 unspecified atom stereocenters. The van der Waals surface area contributed by atoms with Crippen molar-refractivity contribution in [3.63, 3.8) is 0 Å². The number of nitrogens with one attached hydrogen (secondary N) is 4. The van der Waals surface area contributed by atoms with Gasteiger partial charge in [-0.15, -0.1) is 0 Å². The van der Waals surface area contributed by atoms with Gasteiger partial charge in [-0.2, -0.15) is 0 Å². The van der Waals surface area contributed by atoms with Crippen molar-refractivity contribution < 1.29 is 38.3 Å². The zero-order chi connectivity index (χ0) is 39.6. The number of ketones is 1. The predicted molar refractivity (Wildman–Crippen MR) is 197 cm³/mol. The lowest BCUT2D eigenvalue weighted by Crippen LogP contribution is -2.61. The van der Waals surface area contributed by atoms with Gasteiger partial charge >= 0.3 is 6.09 Å². The SMILES string of the molecule is CN(C)C(=O)[C@@H](NC(=O)CNC(=O)C(=O)C(CCC1CC1)NC(=O)[C@@H]1[C@@H]2[C@H](CN1C(=O)[C@@H](NC(=O)OC(C)(C)C)C(C)(C)C)C2(C)C)c1ccccc1. The number of alkyl carbamates (subject to hydrolysis) is 1. The molecular formula is C39H58N6O8. The van der Waals surface area contributed by atoms with Gasteiger partial charge in [-0.3, -0.25) is 28.8 Å². The quantitative estimate of drug-likeness (QED) is 0.210. The van der Waals surface area contributed by atoms with Crippen LogP contribution in [0.4, 0.5) is 4.79 Å². The van der Waals surface area contributed by atoms with Crippen LogP contribution in [0.2, 0.25) is 0 Å². The maximum atomic E-state index is 14.2. The molecule has 4 rings (SSSR count). The van der Waals surface area contributed by atoms with E-state index in [0.717, 1.165) is 12.8 Å². The molecule has 1 aromatic rings. The summed E-state index contributed by atoms with van der Waals surface area (Å²) < 4.78 is 5.44. The zero-order valence-corrected chi connectivity index (χ0v) is 32.8. The number of likely N-dealkylation sites (N-methyl/N-ethyl adjacent to an activating group) is 1. The molecule has 3 aliphatic rings. The van der Waals surface area contributed by atoms with Gasteiger partial charge in [0.05, 0.1) is 12.6 Å². The number of piperidine rings is 1. The van der Waals surface area contributed by atoms with Gasteiger partial charge in [0, 0.05) is 20.6 Å². The molecule has 53 heavy (non-hydrogen) atoms. The molecule has 2 saturated carbocycles. The van der Waals surface area contributed by atoms with E-state index in [1.54, 1.807) is 65.2 Å². The summed E-state index contributed by atoms with van der Waals surface area (Å²) in [7, 11) is 3.13. The fraction of sp³-hybridized carbons (Fsp3) is 0.667. The molecule has 1 aromatic carbocycles. The summed E-state index contributed by atoms with van der Waals surface area (Å²) in [5.74, 6) is -3.74. The van der Waals surface area contributed by atoms with Crippen LogP contribution in [0.25, 0.3) is 0 Å². The average Bonchev–Trinajstić information content (AvgIpc) is 3.93. The third kappa shape index (κ3) is 10.3. The molecule has 14 heteroatoms. The number of rotatable bonds is 14. The van der Waals surface area contributed by atoms with E-state index in [4.69, 9.17) is 4.74 Å². The highest BCUT2D eigenvalue weighted by molar-refractivity contribution is 6.38. The van der Waals surface area contributed by atoms with Crippen molar-refractivity contribution in [3.8, 4) is 0 Å². The summed E-state index contributed by atoms with van der Waals surface area (Å²) in [4.78, 5) is 96.7. The summed E-state index contributed by atoms with van der Waals surface area (Å²) in [6.07, 6.45) is 2.08. The number of ether oxygens (including phenoxy) is 1. The van der Waals surface area contributed by atoms with Gasteiger partial charge in [-0.1, -0.05) is 77.8 Å². The van der Waals surface area contributed by atoms with E-state index in [-0.39, 0.29) is 29.6 Å². The number of carbonyl (C=O) groups excluding carboxylic acids is 7. The van der Waals surface area contributed by atoms with Crippen LogP contribution >= 0.6 is 0 Å². The number of benzene rings is 1. The highest BCUT2D eigenvalue weighted by Gasteiger charge is 2.70. The smallest absolute Gasteiger partial charge is 0.408 e. The Bertz CT molecular complexity index is 1580. The van der Waals surface area contributed by atoms with Crippen molar-refractivity contribution in [2.24, 2.45) is 28.6 Å². The Balaban J connectivity index is 1.47. The first-order valence-electron chi connectivity index (χ1n) is 18.5. The summed E-state index contributed by atoms with van der Waals surface area (Å²) in [6.45, 7) is 14.4. The lowest BCUT2D eigenvalue weighted by atomic mass is 9.85. The number of hydrogen-bond acceptors (Lipinski definition) is 8. The van der Waals surface area contributed by atoms with E-state index in [0.29, 0.717) is 24.4 Å². The van der Waals surface area contributed by atoms with Gasteiger partial charge in [0.1, 0.15) is 23.7 Å². The van der Waals surface area contributed by atoms with Crippen LogP contribution in [0.3, 0.4) is 0 Å². The second-order valence-electron chi connectivity index (χ2n) is 17.6. The molecule has 0 spiro atoms. The normalized spacial score (nSPS) is 21.9. The maximum Gasteiger partial charge on any atom is 0.408 e. The first kappa shape index (κ1) is 41.3. The Morgan fingerprint density at radius 2 is 1.55 bits per heavy atom. The Morgan fingerprint density at radius 1 is 0.925 bits per heavy atom. The third-order valence-electron chi connectivity index (χ3n) is 10.5. The van der Waals surface area contributed by atoms with Gasteiger partial charge in [0.15, 0.2) is 0 Å². The number of Topliss-reactive ketones (excluding diaryl/α,β-unsaturated/α-hetero) is 1. The van der Waals surface area contributed by atoms with Gasteiger partial charge in [-0.05, 0) is 67.8 Å². The van der Waals surface area contributed by atoms with Crippen molar-refractivity contribution in [1.82, 2.24) is 31.1 Å². The van der Waals surface area contributed by atoms with Crippen molar-refractivity contribution in [2.75, 3.05) is 27.2 Å². The van der Waals surface area contributed by atoms with E-state index in [1.165, 1.54) is 9.80 Å². The Hall–Kier alpha value is -4.49. The van der Waals surface area contributed by atoms with Crippen LogP contribution in [0.1, 0.15) is 92.7 Å². The summed E-state index contributed by atoms with van der Waals surface area (Å²) in [6, 6.07) is 4.54. The number of hydrogen-bond donors (Lipinski definition) is 4. The van der Waals surface area contributed by atoms with Crippen LogP contribution in [-0.4, -0.2) is 102 Å². The predicted octanol–water partition coefficient (Wildman–Crippen LogP) is 2.71. The minimum Gasteiger partial charge on any atom is -0.444 e. The second kappa shape index (κ2) is 15.9. The summed E-state index contributed by atoms with van der Waals surface area (Å²) >= 11 is 0. The highest BCUT2D eigenvalue weighted by Crippen LogP contribution is 2.65. The molecule has 6 atom stereocenters. The van der Waals surface area contributed by atoms with Gasteiger partial charge in [0.2, 0.25) is 29.4 Å². The first-order chi connectivity index (χ1) is 24.5. The molecule has 0 radical (unpaired) electrons. The van der Waals surface area contributed by atoms with Crippen molar-refractivity contribution in [1.29, 1.82) is 0 Å². The fourth-order valence-electron chi connectivity index (χ4n) is 7.20. The number of likely N-dealkylation sites (tertiary alicyclic amines) is 1. The maximum absolute atomic E-state index is 14.2. The molecule has 2 aliphatic carbocycles. The van der Waals surface area contributed by atoms with Gasteiger partial charge < -0.3 is 35.8 Å². The molecule has 6 amide bonds. The van der Waals surface area contributed by atoms with Crippen molar-refractivity contribution in [2.45, 2.75) is 111 Å². The van der Waals surface area contributed by atoms with E-state index in [1.807, 2.05) is 34.6 Å². The zero-order valence-electron chi connectivity index (χ0n) is 32.8. The van der Waals surface area contributed by atoms with Crippen molar-refractivity contribution >= 4 is 41.4 Å². The molecule has 1 aliphatic heterocycles. The molecule has 0 aromatic heterocycles. The fourth-order valence-corrected chi connectivity index (χ4v) is 7.20. The molecular weight excluding hydrogens is 680 g/mol. The third-order valence-corrected chi connectivity index (χ3v) is 10.5. The van der Waals surface area contributed by atoms with Crippen LogP contribution in [-0.2, 0) is 33.5 Å². The number of carbonyl (C=O) groups is 7. The van der Waals surface area contributed by atoms with E-state index in [2.05, 4.69) is 21.3 Å². The van der Waals surface area contributed by atoms with E-state index < -0.39 is 77.2 Å². The van der Waals surface area contributed by atoms with Crippen LogP contribution in [0.15, 0.2) is 30.3 Å². The second-order valence-corrected chi connectivity index (χ2v) is 17.6. The van der Waals surface area contributed by atoms with Crippen molar-refractivity contribution in [3.05, 3.63) is 35.9 Å². The standard InChI is InChI=1S/C39H58N6O8/c1-37(2,3)31(43-36(52)53-38(4,5)6)35(51)45-21-24-27(39(24,7)8)29(45)32(48)41-25(19-18-22-16-17-22)30(47)33(49)40-20-26(46)42-28(34(50)44(9)10)23-14-12-11-13-15-23/h11-15,22,24-25,27-29,31H,16-21H2,1-10H3,(H,40,49)(H,41,48)(H,42,46)(H,43,52)/t24-,25?,27-,28-,29-,31+/m0/s1. The number of nitrogens with zero attached hydrogens (tertiary/aromatic N) is 2. The Kier molecular flexibility index (Phi) is 12.3. The summed E-state index contributed by atoms with van der Waals surface area (Å²) in [5, 5.41) is 10.5. The molecule has 3 fully saturated rings. The van der Waals surface area contributed by atoms with Crippen LogP contribution in [0.5, 0.6) is 0 Å². The number of fused-ring (bicyclic) bond motifs is 1. The molecule has 292 valence electrons. The molecule has 4 N–H and O–H groups in total. The topological polar surface area (TPSA) is 183 Å². The summed E-state index contributed by atoms with van der Waals surface area (Å²) in [5.41, 5.74) is -1.20. The van der Waals surface area contributed by atoms with Gasteiger partial charge in [-0.25, -0.2) is 4.79 Å². The van der Waals surface area contributed by atoms with E-state index >= 15 is 0 Å². The van der Waals surface area contributed by atoms with Crippen LogP contribution in [0, 0.1) is 28.6 Å². The molecule has 0 bridgehead atoms. The Labute approximate surface area is 312 Å². The lowest BCUT2D eigenvalue weighted by Gasteiger charge is -2.38. The minimum atomic E-state index is -1.19. The molecule has 1 heterocycles. The van der Waals surface area contributed by atoms with Gasteiger partial charge in [0.25, 0.3) is 5.91 Å². The first-order valence-corrected chi connectivity index (χ1v) is 18.5. The average molecular weight is 739 g/mol. The Morgan fingerprint density at radius 3 is 2.09 bits per heavy atom. The monoisotopic (exact) mass is 738 g/mol.